The largest absolute Gasteiger partial charge is 0.127 e. The van der Waals surface area contributed by atoms with Gasteiger partial charge in [-0.25, -0.2) is 0 Å². The molecule has 0 nitrogen and oxygen atoms in total. The molecule has 0 amide bonds. The first-order valence-corrected chi connectivity index (χ1v) is 7.14. The molecule has 0 saturated heterocycles. The van der Waals surface area contributed by atoms with Crippen LogP contribution in [0.15, 0.2) is 12.2 Å². The summed E-state index contributed by atoms with van der Waals surface area (Å²) in [5.74, 6) is 7.09. The maximum Gasteiger partial charge on any atom is 0.0223 e. The van der Waals surface area contributed by atoms with Crippen molar-refractivity contribution in [3.63, 3.8) is 0 Å². The predicted octanol–water partition coefficient (Wildman–Crippen LogP) is 5.32. The average Bonchev–Trinajstić information content (AvgIpc) is 2.31. The van der Waals surface area contributed by atoms with E-state index in [1.807, 2.05) is 6.08 Å². The van der Waals surface area contributed by atoms with Gasteiger partial charge in [-0.15, -0.1) is 11.6 Å². The summed E-state index contributed by atoms with van der Waals surface area (Å²) in [6.07, 6.45) is 15.2. The highest BCUT2D eigenvalue weighted by Gasteiger charge is 1.89. The van der Waals surface area contributed by atoms with E-state index in [0.29, 0.717) is 0 Å². The van der Waals surface area contributed by atoms with Gasteiger partial charge in [-0.3, -0.25) is 0 Å². The normalized spacial score (nSPS) is 10.4. The lowest BCUT2D eigenvalue weighted by Crippen LogP contribution is -1.80. The van der Waals surface area contributed by atoms with Gasteiger partial charge < -0.3 is 0 Å². The van der Waals surface area contributed by atoms with Crippen LogP contribution < -0.4 is 0 Å². The van der Waals surface area contributed by atoms with E-state index >= 15 is 0 Å². The number of hydrogen-bond acceptors (Lipinski definition) is 0. The third-order valence-electron chi connectivity index (χ3n) is 2.44. The molecule has 1 heteroatoms. The summed E-state index contributed by atoms with van der Waals surface area (Å²) in [6, 6.07) is 0. The smallest absolute Gasteiger partial charge is 0.0223 e. The molecule has 0 unspecified atom stereocenters. The van der Waals surface area contributed by atoms with Crippen molar-refractivity contribution in [2.45, 2.75) is 64.7 Å². The molecule has 0 aliphatic heterocycles. The molecule has 0 aliphatic carbocycles. The van der Waals surface area contributed by atoms with E-state index in [1.165, 1.54) is 44.9 Å². The van der Waals surface area contributed by atoms with E-state index in [1.54, 1.807) is 0 Å². The van der Waals surface area contributed by atoms with Crippen LogP contribution in [-0.2, 0) is 0 Å². The molecule has 0 aromatic carbocycles. The monoisotopic (exact) mass is 240 g/mol. The zero-order valence-electron chi connectivity index (χ0n) is 10.6. The molecule has 16 heavy (non-hydrogen) atoms. The first-order chi connectivity index (χ1) is 7.91. The maximum atomic E-state index is 5.61. The zero-order chi connectivity index (χ0) is 11.9. The summed E-state index contributed by atoms with van der Waals surface area (Å²) in [5, 5.41) is 0. The van der Waals surface area contributed by atoms with Crippen LogP contribution in [0.4, 0.5) is 0 Å². The van der Waals surface area contributed by atoms with Gasteiger partial charge in [-0.05, 0) is 25.3 Å². The van der Waals surface area contributed by atoms with Crippen molar-refractivity contribution in [1.29, 1.82) is 0 Å². The van der Waals surface area contributed by atoms with E-state index < -0.39 is 0 Å². The molecule has 0 heterocycles. The minimum Gasteiger partial charge on any atom is -0.127 e. The van der Waals surface area contributed by atoms with E-state index in [-0.39, 0.29) is 0 Å². The lowest BCUT2D eigenvalue weighted by atomic mass is 10.1. The zero-order valence-corrected chi connectivity index (χ0v) is 11.4. The molecule has 0 fully saturated rings. The average molecular weight is 241 g/mol. The molecule has 0 atom stereocenters. The summed E-state index contributed by atoms with van der Waals surface area (Å²) < 4.78 is 0. The Morgan fingerprint density at radius 2 is 1.69 bits per heavy atom. The van der Waals surface area contributed by atoms with Crippen LogP contribution in [0, 0.1) is 11.8 Å². The minimum absolute atomic E-state index is 0.815. The number of halogens is 1. The lowest BCUT2D eigenvalue weighted by Gasteiger charge is -1.97. The fourth-order valence-corrected chi connectivity index (χ4v) is 1.64. The molecule has 0 aromatic heterocycles. The summed E-state index contributed by atoms with van der Waals surface area (Å²) in [7, 11) is 0. The Bertz CT molecular complexity index is 207. The molecule has 0 N–H and O–H groups in total. The quantitative estimate of drug-likeness (QED) is 0.291. The van der Waals surface area contributed by atoms with Gasteiger partial charge in [-0.2, -0.15) is 0 Å². The molecule has 0 spiro atoms. The van der Waals surface area contributed by atoms with Gasteiger partial charge in [0.2, 0.25) is 0 Å². The van der Waals surface area contributed by atoms with Gasteiger partial charge in [0.05, 0.1) is 0 Å². The van der Waals surface area contributed by atoms with E-state index in [2.05, 4.69) is 24.8 Å². The highest BCUT2D eigenvalue weighted by atomic mass is 35.5. The van der Waals surface area contributed by atoms with Crippen LogP contribution in [0.1, 0.15) is 64.7 Å². The third-order valence-corrected chi connectivity index (χ3v) is 2.71. The Morgan fingerprint density at radius 1 is 1.00 bits per heavy atom. The molecule has 0 aromatic rings. The van der Waals surface area contributed by atoms with Crippen LogP contribution in [0.3, 0.4) is 0 Å². The lowest BCUT2D eigenvalue weighted by molar-refractivity contribution is 0.615. The van der Waals surface area contributed by atoms with Crippen molar-refractivity contribution < 1.29 is 0 Å². The number of unbranched alkanes of at least 4 members (excludes halogenated alkanes) is 7. The summed E-state index contributed by atoms with van der Waals surface area (Å²) in [5.41, 5.74) is 0. The Kier molecular flexibility index (Phi) is 14.2. The summed E-state index contributed by atoms with van der Waals surface area (Å²) in [6.45, 7) is 2.18. The molecular formula is C15H25Cl. The third kappa shape index (κ3) is 13.6. The summed E-state index contributed by atoms with van der Waals surface area (Å²) in [4.78, 5) is 0. The second-order valence-electron chi connectivity index (χ2n) is 4.07. The highest BCUT2D eigenvalue weighted by Crippen LogP contribution is 2.07. The Morgan fingerprint density at radius 3 is 2.38 bits per heavy atom. The van der Waals surface area contributed by atoms with Crippen molar-refractivity contribution in [1.82, 2.24) is 0 Å². The predicted molar refractivity (Wildman–Crippen MR) is 74.9 cm³/mol. The SMILES string of the molecule is CCCC=CC#CCCCCCCCCCl. The van der Waals surface area contributed by atoms with Gasteiger partial charge in [0, 0.05) is 12.3 Å². The van der Waals surface area contributed by atoms with Crippen molar-refractivity contribution in [3.05, 3.63) is 12.2 Å². The number of hydrogen-bond donors (Lipinski definition) is 0. The molecule has 0 aliphatic rings. The molecule has 0 radical (unpaired) electrons. The van der Waals surface area contributed by atoms with Crippen LogP contribution in [0.25, 0.3) is 0 Å². The summed E-state index contributed by atoms with van der Waals surface area (Å²) >= 11 is 5.61. The first-order valence-electron chi connectivity index (χ1n) is 6.61. The van der Waals surface area contributed by atoms with Crippen molar-refractivity contribution in [3.8, 4) is 11.8 Å². The van der Waals surface area contributed by atoms with Crippen molar-refractivity contribution in [2.75, 3.05) is 5.88 Å². The van der Waals surface area contributed by atoms with Crippen molar-refractivity contribution in [2.24, 2.45) is 0 Å². The van der Waals surface area contributed by atoms with Gasteiger partial charge in [-0.1, -0.05) is 56.9 Å². The standard InChI is InChI=1S/C15H25Cl/c1-2-3-4-5-6-7-8-9-10-11-12-13-14-15-16/h4-5H,2-3,8-15H2,1H3. The van der Waals surface area contributed by atoms with Crippen LogP contribution >= 0.6 is 11.6 Å². The number of alkyl halides is 1. The van der Waals surface area contributed by atoms with Crippen LogP contribution in [-0.4, -0.2) is 5.88 Å². The number of allylic oxidation sites excluding steroid dienone is 2. The molecule has 0 rings (SSSR count). The second kappa shape index (κ2) is 14.6. The van der Waals surface area contributed by atoms with Gasteiger partial charge in [0.25, 0.3) is 0 Å². The van der Waals surface area contributed by atoms with Gasteiger partial charge in [0.1, 0.15) is 0 Å². The van der Waals surface area contributed by atoms with Gasteiger partial charge in [0.15, 0.2) is 0 Å². The Labute approximate surface area is 106 Å². The topological polar surface area (TPSA) is 0 Å². The van der Waals surface area contributed by atoms with E-state index in [4.69, 9.17) is 11.6 Å². The number of rotatable bonds is 9. The molecular weight excluding hydrogens is 216 g/mol. The highest BCUT2D eigenvalue weighted by molar-refractivity contribution is 6.17. The van der Waals surface area contributed by atoms with E-state index in [9.17, 15) is 0 Å². The fraction of sp³-hybridized carbons (Fsp3) is 0.733. The molecule has 0 bridgehead atoms. The fourth-order valence-electron chi connectivity index (χ4n) is 1.46. The van der Waals surface area contributed by atoms with Crippen molar-refractivity contribution >= 4 is 11.6 Å². The molecule has 0 saturated carbocycles. The minimum atomic E-state index is 0.815. The second-order valence-corrected chi connectivity index (χ2v) is 4.45. The first kappa shape index (κ1) is 15.6. The van der Waals surface area contributed by atoms with E-state index in [0.717, 1.165) is 18.7 Å². The van der Waals surface area contributed by atoms with Gasteiger partial charge >= 0.3 is 0 Å². The van der Waals surface area contributed by atoms with Crippen LogP contribution in [0.2, 0.25) is 0 Å². The maximum absolute atomic E-state index is 5.61. The molecule has 92 valence electrons. The Balaban J connectivity index is 3.13. The van der Waals surface area contributed by atoms with Crippen LogP contribution in [0.5, 0.6) is 0 Å². The Hall–Kier alpha value is -0.410.